The van der Waals surface area contributed by atoms with E-state index in [1.807, 2.05) is 13.8 Å². The van der Waals surface area contributed by atoms with Gasteiger partial charge in [-0.2, -0.15) is 17.0 Å². The molecule has 1 saturated heterocycles. The van der Waals surface area contributed by atoms with Crippen molar-refractivity contribution < 1.29 is 18.3 Å². The van der Waals surface area contributed by atoms with Crippen LogP contribution in [-0.2, 0) is 14.9 Å². The van der Waals surface area contributed by atoms with Crippen LogP contribution in [0.5, 0.6) is 0 Å². The van der Waals surface area contributed by atoms with Crippen molar-refractivity contribution in [3.8, 4) is 0 Å². The summed E-state index contributed by atoms with van der Waals surface area (Å²) in [4.78, 5) is 0. The topological polar surface area (TPSA) is 70.1 Å². The van der Waals surface area contributed by atoms with E-state index in [1.165, 1.54) is 8.61 Å². The van der Waals surface area contributed by atoms with Gasteiger partial charge < -0.3 is 9.84 Å². The van der Waals surface area contributed by atoms with Crippen molar-refractivity contribution in [1.29, 1.82) is 0 Å². The summed E-state index contributed by atoms with van der Waals surface area (Å²) in [5.74, 6) is 0. The second-order valence-corrected chi connectivity index (χ2v) is 6.89. The van der Waals surface area contributed by atoms with Crippen LogP contribution in [0.4, 0.5) is 0 Å². The summed E-state index contributed by atoms with van der Waals surface area (Å²) in [6, 6.07) is -0.171. The zero-order valence-electron chi connectivity index (χ0n) is 11.5. The quantitative estimate of drug-likeness (QED) is 0.772. The number of hydrogen-bond acceptors (Lipinski definition) is 4. The van der Waals surface area contributed by atoms with E-state index in [9.17, 15) is 8.42 Å². The molecule has 0 aromatic heterocycles. The molecule has 0 spiro atoms. The van der Waals surface area contributed by atoms with Crippen LogP contribution in [0.15, 0.2) is 0 Å². The first-order chi connectivity index (χ1) is 8.28. The summed E-state index contributed by atoms with van der Waals surface area (Å²) in [6.45, 7) is 8.02. The van der Waals surface area contributed by atoms with Crippen LogP contribution < -0.4 is 0 Å². The average Bonchev–Trinajstić information content (AvgIpc) is 2.23. The van der Waals surface area contributed by atoms with Crippen LogP contribution in [0.3, 0.4) is 0 Å². The van der Waals surface area contributed by atoms with Gasteiger partial charge in [0.2, 0.25) is 0 Å². The SMILES string of the molecule is CC1CN(S(=O)(=O)N(CCO)C(C)C)CC(C)O1. The molecule has 0 aliphatic carbocycles. The predicted octanol–water partition coefficient (Wildman–Crippen LogP) is 0.0431. The highest BCUT2D eigenvalue weighted by Crippen LogP contribution is 2.18. The van der Waals surface area contributed by atoms with E-state index >= 15 is 0 Å². The molecule has 18 heavy (non-hydrogen) atoms. The fourth-order valence-electron chi connectivity index (χ4n) is 2.21. The lowest BCUT2D eigenvalue weighted by Crippen LogP contribution is -2.54. The highest BCUT2D eigenvalue weighted by Gasteiger charge is 2.36. The van der Waals surface area contributed by atoms with Gasteiger partial charge in [0.15, 0.2) is 0 Å². The molecule has 2 unspecified atom stereocenters. The number of aliphatic hydroxyl groups is 1. The van der Waals surface area contributed by atoms with Crippen molar-refractivity contribution in [3.63, 3.8) is 0 Å². The van der Waals surface area contributed by atoms with Crippen LogP contribution in [-0.4, -0.2) is 66.6 Å². The van der Waals surface area contributed by atoms with E-state index < -0.39 is 10.2 Å². The van der Waals surface area contributed by atoms with Gasteiger partial charge in [0, 0.05) is 25.7 Å². The van der Waals surface area contributed by atoms with Gasteiger partial charge in [-0.3, -0.25) is 0 Å². The van der Waals surface area contributed by atoms with E-state index in [4.69, 9.17) is 9.84 Å². The van der Waals surface area contributed by atoms with E-state index in [0.717, 1.165) is 0 Å². The molecule has 1 rings (SSSR count). The van der Waals surface area contributed by atoms with Gasteiger partial charge in [0.1, 0.15) is 0 Å². The number of hydrogen-bond donors (Lipinski definition) is 1. The minimum atomic E-state index is -3.52. The fourth-order valence-corrected chi connectivity index (χ4v) is 4.14. The van der Waals surface area contributed by atoms with Gasteiger partial charge in [-0.15, -0.1) is 0 Å². The molecule has 108 valence electrons. The molecule has 6 nitrogen and oxygen atoms in total. The Morgan fingerprint density at radius 2 is 1.83 bits per heavy atom. The Kier molecular flexibility index (Phi) is 5.54. The van der Waals surface area contributed by atoms with Crippen molar-refractivity contribution in [2.75, 3.05) is 26.2 Å². The zero-order chi connectivity index (χ0) is 13.9. The lowest BCUT2D eigenvalue weighted by Gasteiger charge is -2.38. The van der Waals surface area contributed by atoms with Crippen LogP contribution in [0.1, 0.15) is 27.7 Å². The number of morpholine rings is 1. The maximum Gasteiger partial charge on any atom is 0.282 e. The largest absolute Gasteiger partial charge is 0.395 e. The maximum absolute atomic E-state index is 12.5. The summed E-state index contributed by atoms with van der Waals surface area (Å²) in [5.41, 5.74) is 0. The van der Waals surface area contributed by atoms with Crippen LogP contribution in [0.25, 0.3) is 0 Å². The Labute approximate surface area is 110 Å². The predicted molar refractivity (Wildman–Crippen MR) is 69.4 cm³/mol. The maximum atomic E-state index is 12.5. The molecule has 1 aliphatic heterocycles. The van der Waals surface area contributed by atoms with E-state index in [1.54, 1.807) is 13.8 Å². The first kappa shape index (κ1) is 15.8. The highest BCUT2D eigenvalue weighted by atomic mass is 32.2. The third-order valence-electron chi connectivity index (χ3n) is 2.91. The molecule has 0 radical (unpaired) electrons. The molecule has 7 heteroatoms. The number of rotatable bonds is 5. The average molecular weight is 280 g/mol. The highest BCUT2D eigenvalue weighted by molar-refractivity contribution is 7.86. The van der Waals surface area contributed by atoms with Gasteiger partial charge in [0.05, 0.1) is 18.8 Å². The molecule has 0 aromatic carbocycles. The minimum Gasteiger partial charge on any atom is -0.395 e. The van der Waals surface area contributed by atoms with Gasteiger partial charge in [-0.25, -0.2) is 0 Å². The second-order valence-electron chi connectivity index (χ2n) is 5.01. The zero-order valence-corrected chi connectivity index (χ0v) is 12.4. The smallest absolute Gasteiger partial charge is 0.282 e. The standard InChI is InChI=1S/C11H24N2O4S/c1-9(2)13(5-6-14)18(15,16)12-7-10(3)17-11(4)8-12/h9-11,14H,5-8H2,1-4H3. The van der Waals surface area contributed by atoms with Crippen LogP contribution in [0.2, 0.25) is 0 Å². The van der Waals surface area contributed by atoms with Crippen molar-refractivity contribution in [2.45, 2.75) is 45.9 Å². The van der Waals surface area contributed by atoms with Crippen molar-refractivity contribution >= 4 is 10.2 Å². The monoisotopic (exact) mass is 280 g/mol. The van der Waals surface area contributed by atoms with Gasteiger partial charge in [-0.05, 0) is 27.7 Å². The fraction of sp³-hybridized carbons (Fsp3) is 1.00. The van der Waals surface area contributed by atoms with Crippen LogP contribution in [0, 0.1) is 0 Å². The molecular weight excluding hydrogens is 256 g/mol. The molecule has 0 bridgehead atoms. The Bertz CT molecular complexity index is 348. The normalized spacial score (nSPS) is 27.1. The van der Waals surface area contributed by atoms with Gasteiger partial charge in [-0.1, -0.05) is 0 Å². The van der Waals surface area contributed by atoms with E-state index in [-0.39, 0.29) is 31.4 Å². The number of ether oxygens (including phenoxy) is 1. The molecule has 0 saturated carbocycles. The van der Waals surface area contributed by atoms with E-state index in [2.05, 4.69) is 0 Å². The first-order valence-corrected chi connectivity index (χ1v) is 7.72. The summed E-state index contributed by atoms with van der Waals surface area (Å²) in [7, 11) is -3.52. The molecule has 1 heterocycles. The third kappa shape index (κ3) is 3.64. The molecule has 1 fully saturated rings. The molecule has 1 aliphatic rings. The lowest BCUT2D eigenvalue weighted by molar-refractivity contribution is -0.0457. The molecule has 1 N–H and O–H groups in total. The molecule has 0 aromatic rings. The van der Waals surface area contributed by atoms with Crippen molar-refractivity contribution in [3.05, 3.63) is 0 Å². The molecular formula is C11H24N2O4S. The number of nitrogens with zero attached hydrogens (tertiary/aromatic N) is 2. The van der Waals surface area contributed by atoms with E-state index in [0.29, 0.717) is 13.1 Å². The number of aliphatic hydroxyl groups excluding tert-OH is 1. The van der Waals surface area contributed by atoms with Gasteiger partial charge >= 0.3 is 0 Å². The van der Waals surface area contributed by atoms with Crippen molar-refractivity contribution in [1.82, 2.24) is 8.61 Å². The Morgan fingerprint density at radius 1 is 1.33 bits per heavy atom. The summed E-state index contributed by atoms with van der Waals surface area (Å²) in [5, 5.41) is 9.00. The lowest BCUT2D eigenvalue weighted by atomic mass is 10.3. The van der Waals surface area contributed by atoms with Crippen molar-refractivity contribution in [2.24, 2.45) is 0 Å². The molecule has 0 amide bonds. The third-order valence-corrected chi connectivity index (χ3v) is 5.05. The summed E-state index contributed by atoms with van der Waals surface area (Å²) >= 11 is 0. The molecule has 2 atom stereocenters. The van der Waals surface area contributed by atoms with Gasteiger partial charge in [0.25, 0.3) is 10.2 Å². The Hall–Kier alpha value is -0.210. The second kappa shape index (κ2) is 6.29. The van der Waals surface area contributed by atoms with Crippen LogP contribution >= 0.6 is 0 Å². The first-order valence-electron chi connectivity index (χ1n) is 6.32. The summed E-state index contributed by atoms with van der Waals surface area (Å²) in [6.07, 6.45) is -0.210. The minimum absolute atomic E-state index is 0.105. The summed E-state index contributed by atoms with van der Waals surface area (Å²) < 4.78 is 33.3. The Balaban J connectivity index is 2.89. The Morgan fingerprint density at radius 3 is 2.22 bits per heavy atom.